The van der Waals surface area contributed by atoms with Gasteiger partial charge in [-0.15, -0.1) is 0 Å². The van der Waals surface area contributed by atoms with Crippen LogP contribution in [-0.2, 0) is 0 Å². The van der Waals surface area contributed by atoms with Crippen LogP contribution < -0.4 is 0 Å². The standard InChI is InChI=1S/C10H16/c1-3-5-7-9-10-8-6-4-2/h3-6,9-10H,7-8H2,1-2H3/b5-3-,6-4-,10-9-. The summed E-state index contributed by atoms with van der Waals surface area (Å²) in [6.07, 6.45) is 14.9. The van der Waals surface area contributed by atoms with Crippen molar-refractivity contribution in [1.82, 2.24) is 0 Å². The van der Waals surface area contributed by atoms with Crippen LogP contribution in [0.3, 0.4) is 0 Å². The van der Waals surface area contributed by atoms with Crippen LogP contribution in [0.4, 0.5) is 0 Å². The van der Waals surface area contributed by atoms with Gasteiger partial charge in [0.15, 0.2) is 0 Å². The lowest BCUT2D eigenvalue weighted by atomic mass is 10.3. The summed E-state index contributed by atoms with van der Waals surface area (Å²) in [5, 5.41) is 0. The van der Waals surface area contributed by atoms with Gasteiger partial charge in [0.2, 0.25) is 0 Å². The summed E-state index contributed by atoms with van der Waals surface area (Å²) >= 11 is 0. The van der Waals surface area contributed by atoms with Gasteiger partial charge in [-0.2, -0.15) is 0 Å². The van der Waals surface area contributed by atoms with E-state index in [-0.39, 0.29) is 0 Å². The molecule has 0 atom stereocenters. The van der Waals surface area contributed by atoms with Gasteiger partial charge in [0.05, 0.1) is 0 Å². The highest BCUT2D eigenvalue weighted by molar-refractivity contribution is 4.95. The van der Waals surface area contributed by atoms with E-state index in [1.807, 2.05) is 13.8 Å². The van der Waals surface area contributed by atoms with Gasteiger partial charge in [-0.25, -0.2) is 0 Å². The molecular weight excluding hydrogens is 120 g/mol. The summed E-state index contributed by atoms with van der Waals surface area (Å²) in [6.45, 7) is 4.08. The van der Waals surface area contributed by atoms with E-state index in [2.05, 4.69) is 36.5 Å². The van der Waals surface area contributed by atoms with Gasteiger partial charge in [-0.1, -0.05) is 36.5 Å². The van der Waals surface area contributed by atoms with Gasteiger partial charge >= 0.3 is 0 Å². The SMILES string of the molecule is C/C=C\C/C=C\C/C=C\C. The van der Waals surface area contributed by atoms with E-state index in [4.69, 9.17) is 0 Å². The monoisotopic (exact) mass is 136 g/mol. The molecule has 10 heavy (non-hydrogen) atoms. The van der Waals surface area contributed by atoms with Crippen LogP contribution in [0.1, 0.15) is 26.7 Å². The smallest absolute Gasteiger partial charge is 0.0169 e. The molecule has 0 aliphatic heterocycles. The molecule has 0 aromatic heterocycles. The van der Waals surface area contributed by atoms with Gasteiger partial charge in [-0.05, 0) is 26.7 Å². The molecule has 56 valence electrons. The van der Waals surface area contributed by atoms with Crippen LogP contribution in [0.15, 0.2) is 36.5 Å². The topological polar surface area (TPSA) is 0 Å². The average Bonchev–Trinajstić information content (AvgIpc) is 1.97. The van der Waals surface area contributed by atoms with E-state index < -0.39 is 0 Å². The van der Waals surface area contributed by atoms with E-state index in [9.17, 15) is 0 Å². The number of allylic oxidation sites excluding steroid dienone is 6. The molecule has 0 radical (unpaired) electrons. The Kier molecular flexibility index (Phi) is 7.58. The molecule has 0 nitrogen and oxygen atoms in total. The lowest BCUT2D eigenvalue weighted by Gasteiger charge is -1.80. The zero-order valence-electron chi connectivity index (χ0n) is 6.88. The molecule has 0 spiro atoms. The molecule has 0 aliphatic rings. The summed E-state index contributed by atoms with van der Waals surface area (Å²) in [5.74, 6) is 0. The Morgan fingerprint density at radius 3 is 1.40 bits per heavy atom. The van der Waals surface area contributed by atoms with Crippen LogP contribution in [0, 0.1) is 0 Å². The Labute approximate surface area is 64.0 Å². The van der Waals surface area contributed by atoms with E-state index in [0.29, 0.717) is 0 Å². The average molecular weight is 136 g/mol. The van der Waals surface area contributed by atoms with Crippen LogP contribution in [0.2, 0.25) is 0 Å². The molecule has 0 bridgehead atoms. The highest BCUT2D eigenvalue weighted by atomic mass is 13.8. The summed E-state index contributed by atoms with van der Waals surface area (Å²) in [6, 6.07) is 0. The maximum Gasteiger partial charge on any atom is -0.0169 e. The second-order valence-corrected chi connectivity index (χ2v) is 2.08. The molecule has 0 saturated carbocycles. The first kappa shape index (κ1) is 9.22. The molecule has 0 aromatic carbocycles. The Bertz CT molecular complexity index is 111. The predicted octanol–water partition coefficient (Wildman–Crippen LogP) is 3.48. The van der Waals surface area contributed by atoms with Crippen LogP contribution in [-0.4, -0.2) is 0 Å². The molecule has 0 N–H and O–H groups in total. The third-order valence-corrected chi connectivity index (χ3v) is 1.18. The quantitative estimate of drug-likeness (QED) is 0.519. The van der Waals surface area contributed by atoms with E-state index >= 15 is 0 Å². The second-order valence-electron chi connectivity index (χ2n) is 2.08. The van der Waals surface area contributed by atoms with Crippen molar-refractivity contribution in [2.45, 2.75) is 26.7 Å². The molecule has 0 aliphatic carbocycles. The first-order valence-corrected chi connectivity index (χ1v) is 3.79. The molecular formula is C10H16. The Hall–Kier alpha value is -0.780. The molecule has 0 rings (SSSR count). The molecule has 0 aromatic rings. The summed E-state index contributed by atoms with van der Waals surface area (Å²) in [5.41, 5.74) is 0. The fraction of sp³-hybridized carbons (Fsp3) is 0.400. The highest BCUT2D eigenvalue weighted by Crippen LogP contribution is 1.89. The van der Waals surface area contributed by atoms with Crippen molar-refractivity contribution in [2.75, 3.05) is 0 Å². The van der Waals surface area contributed by atoms with Crippen molar-refractivity contribution in [3.05, 3.63) is 36.5 Å². The van der Waals surface area contributed by atoms with Crippen LogP contribution in [0.25, 0.3) is 0 Å². The Morgan fingerprint density at radius 1 is 0.700 bits per heavy atom. The van der Waals surface area contributed by atoms with Crippen molar-refractivity contribution in [1.29, 1.82) is 0 Å². The lowest BCUT2D eigenvalue weighted by Crippen LogP contribution is -1.58. The fourth-order valence-corrected chi connectivity index (χ4v) is 0.622. The van der Waals surface area contributed by atoms with Gasteiger partial charge in [0.25, 0.3) is 0 Å². The Morgan fingerprint density at radius 2 is 1.10 bits per heavy atom. The Balaban J connectivity index is 3.20. The third-order valence-electron chi connectivity index (χ3n) is 1.18. The minimum absolute atomic E-state index is 1.06. The van der Waals surface area contributed by atoms with Crippen LogP contribution >= 0.6 is 0 Å². The number of hydrogen-bond donors (Lipinski definition) is 0. The highest BCUT2D eigenvalue weighted by Gasteiger charge is 1.68. The molecule has 0 fully saturated rings. The van der Waals surface area contributed by atoms with E-state index in [0.717, 1.165) is 12.8 Å². The molecule has 0 amide bonds. The summed E-state index contributed by atoms with van der Waals surface area (Å²) in [7, 11) is 0. The third kappa shape index (κ3) is 7.22. The first-order chi connectivity index (χ1) is 4.91. The largest absolute Gasteiger partial charge is 0.0914 e. The van der Waals surface area contributed by atoms with Gasteiger partial charge in [0.1, 0.15) is 0 Å². The number of hydrogen-bond acceptors (Lipinski definition) is 0. The minimum Gasteiger partial charge on any atom is -0.0914 e. The summed E-state index contributed by atoms with van der Waals surface area (Å²) < 4.78 is 0. The first-order valence-electron chi connectivity index (χ1n) is 3.79. The second kappa shape index (κ2) is 8.22. The zero-order valence-corrected chi connectivity index (χ0v) is 6.88. The molecule has 0 unspecified atom stereocenters. The summed E-state index contributed by atoms with van der Waals surface area (Å²) in [4.78, 5) is 0. The van der Waals surface area contributed by atoms with Crippen molar-refractivity contribution in [3.8, 4) is 0 Å². The maximum atomic E-state index is 2.18. The maximum absolute atomic E-state index is 2.18. The van der Waals surface area contributed by atoms with Gasteiger partial charge in [-0.3, -0.25) is 0 Å². The lowest BCUT2D eigenvalue weighted by molar-refractivity contribution is 1.30. The molecule has 0 heterocycles. The zero-order chi connectivity index (χ0) is 7.66. The molecule has 0 saturated heterocycles. The van der Waals surface area contributed by atoms with Crippen molar-refractivity contribution in [2.24, 2.45) is 0 Å². The fourth-order valence-electron chi connectivity index (χ4n) is 0.622. The van der Waals surface area contributed by atoms with Crippen molar-refractivity contribution >= 4 is 0 Å². The van der Waals surface area contributed by atoms with E-state index in [1.165, 1.54) is 0 Å². The van der Waals surface area contributed by atoms with Crippen LogP contribution in [0.5, 0.6) is 0 Å². The van der Waals surface area contributed by atoms with Crippen molar-refractivity contribution in [3.63, 3.8) is 0 Å². The normalized spacial score (nSPS) is 12.6. The molecule has 0 heteroatoms. The van der Waals surface area contributed by atoms with Gasteiger partial charge < -0.3 is 0 Å². The van der Waals surface area contributed by atoms with Gasteiger partial charge in [0, 0.05) is 0 Å². The van der Waals surface area contributed by atoms with E-state index in [1.54, 1.807) is 0 Å². The predicted molar refractivity (Wildman–Crippen MR) is 48.0 cm³/mol. The van der Waals surface area contributed by atoms with Crippen molar-refractivity contribution < 1.29 is 0 Å². The minimum atomic E-state index is 1.06. The number of rotatable bonds is 4.